The number of rotatable bonds is 2. The highest BCUT2D eigenvalue weighted by atomic mass is 28.3. The van der Waals surface area contributed by atoms with Gasteiger partial charge in [0.05, 0.1) is 7.11 Å². The zero-order chi connectivity index (χ0) is 10.9. The van der Waals surface area contributed by atoms with Gasteiger partial charge in [0.1, 0.15) is 6.04 Å². The molecule has 1 aliphatic heterocycles. The van der Waals surface area contributed by atoms with E-state index in [2.05, 4.69) is 19.6 Å². The molecule has 1 rings (SSSR count). The van der Waals surface area contributed by atoms with E-state index < -0.39 is 8.24 Å². The smallest absolute Gasteiger partial charge is 0.327 e. The highest BCUT2D eigenvalue weighted by Crippen LogP contribution is 2.26. The Morgan fingerprint density at radius 3 is 2.50 bits per heavy atom. The molecular weight excluding hydrogens is 198 g/mol. The van der Waals surface area contributed by atoms with Crippen molar-refractivity contribution in [2.45, 2.75) is 38.5 Å². The van der Waals surface area contributed by atoms with Crippen LogP contribution in [-0.2, 0) is 14.3 Å². The second-order valence-corrected chi connectivity index (χ2v) is 9.34. The van der Waals surface area contributed by atoms with Gasteiger partial charge in [-0.1, -0.05) is 19.6 Å². The number of hydrogen-bond acceptors (Lipinski definition) is 3. The molecule has 4 nitrogen and oxygen atoms in total. The lowest BCUT2D eigenvalue weighted by atomic mass is 10.2. The first-order valence-corrected chi connectivity index (χ1v) is 8.22. The first-order valence-electron chi connectivity index (χ1n) is 4.78. The Balaban J connectivity index is 2.88. The monoisotopic (exact) mass is 215 g/mol. The average Bonchev–Trinajstić information content (AvgIpc) is 2.44. The SMILES string of the molecule is COC(=O)[C@@H]1CCC(=O)N1[Si](C)(C)C. The predicted octanol–water partition coefficient (Wildman–Crippen LogP) is 0.985. The van der Waals surface area contributed by atoms with E-state index >= 15 is 0 Å². The summed E-state index contributed by atoms with van der Waals surface area (Å²) in [5, 5.41) is 0. The number of amides is 1. The number of nitrogens with zero attached hydrogens (tertiary/aromatic N) is 1. The molecule has 1 amide bonds. The quantitative estimate of drug-likeness (QED) is 0.509. The lowest BCUT2D eigenvalue weighted by molar-refractivity contribution is -0.146. The van der Waals surface area contributed by atoms with Crippen LogP contribution in [0.2, 0.25) is 19.6 Å². The number of ether oxygens (including phenoxy) is 1. The van der Waals surface area contributed by atoms with Crippen LogP contribution >= 0.6 is 0 Å². The van der Waals surface area contributed by atoms with Crippen molar-refractivity contribution in [2.75, 3.05) is 7.11 Å². The van der Waals surface area contributed by atoms with Gasteiger partial charge in [-0.15, -0.1) is 0 Å². The number of carbonyl (C=O) groups is 2. The second kappa shape index (κ2) is 3.72. The Hall–Kier alpha value is -0.843. The summed E-state index contributed by atoms with van der Waals surface area (Å²) in [6.07, 6.45) is 1.08. The van der Waals surface area contributed by atoms with Gasteiger partial charge in [0.2, 0.25) is 5.91 Å². The molecule has 1 aliphatic rings. The zero-order valence-electron chi connectivity index (χ0n) is 9.16. The van der Waals surface area contributed by atoms with E-state index in [1.165, 1.54) is 7.11 Å². The van der Waals surface area contributed by atoms with Crippen LogP contribution in [0, 0.1) is 0 Å². The average molecular weight is 215 g/mol. The van der Waals surface area contributed by atoms with Crippen molar-refractivity contribution in [3.8, 4) is 0 Å². The predicted molar refractivity (Wildman–Crippen MR) is 55.2 cm³/mol. The van der Waals surface area contributed by atoms with Crippen LogP contribution < -0.4 is 0 Å². The van der Waals surface area contributed by atoms with Gasteiger partial charge in [-0.25, -0.2) is 4.79 Å². The van der Waals surface area contributed by atoms with Crippen LogP contribution in [0.15, 0.2) is 0 Å². The Labute approximate surface area is 85.3 Å². The number of carbonyl (C=O) groups excluding carboxylic acids is 2. The van der Waals surface area contributed by atoms with Gasteiger partial charge in [0.25, 0.3) is 0 Å². The van der Waals surface area contributed by atoms with E-state index in [1.807, 2.05) is 0 Å². The van der Waals surface area contributed by atoms with Crippen molar-refractivity contribution in [3.05, 3.63) is 0 Å². The van der Waals surface area contributed by atoms with E-state index in [-0.39, 0.29) is 17.9 Å². The summed E-state index contributed by atoms with van der Waals surface area (Å²) in [7, 11) is -0.378. The van der Waals surface area contributed by atoms with E-state index in [4.69, 9.17) is 4.74 Å². The maximum absolute atomic E-state index is 11.6. The molecule has 1 fully saturated rings. The summed E-state index contributed by atoms with van der Waals surface area (Å²) in [5.41, 5.74) is 0. The van der Waals surface area contributed by atoms with Gasteiger partial charge in [0, 0.05) is 6.42 Å². The van der Waals surface area contributed by atoms with Gasteiger partial charge in [0.15, 0.2) is 8.24 Å². The van der Waals surface area contributed by atoms with Crippen molar-refractivity contribution in [2.24, 2.45) is 0 Å². The fourth-order valence-electron chi connectivity index (χ4n) is 1.88. The first kappa shape index (κ1) is 11.2. The molecule has 5 heteroatoms. The Bertz CT molecular complexity index is 259. The Morgan fingerprint density at radius 2 is 2.07 bits per heavy atom. The third-order valence-corrected chi connectivity index (χ3v) is 4.41. The van der Waals surface area contributed by atoms with Crippen molar-refractivity contribution >= 4 is 20.1 Å². The fourth-order valence-corrected chi connectivity index (χ4v) is 3.91. The topological polar surface area (TPSA) is 46.6 Å². The van der Waals surface area contributed by atoms with Crippen molar-refractivity contribution < 1.29 is 14.3 Å². The third kappa shape index (κ3) is 1.97. The van der Waals surface area contributed by atoms with Gasteiger partial charge in [-0.05, 0) is 6.42 Å². The van der Waals surface area contributed by atoms with Gasteiger partial charge >= 0.3 is 5.97 Å². The summed E-state index contributed by atoms with van der Waals surface area (Å²) >= 11 is 0. The minimum absolute atomic E-state index is 0.0968. The summed E-state index contributed by atoms with van der Waals surface area (Å²) < 4.78 is 6.46. The van der Waals surface area contributed by atoms with Crippen LogP contribution in [0.25, 0.3) is 0 Å². The highest BCUT2D eigenvalue weighted by molar-refractivity contribution is 6.75. The van der Waals surface area contributed by atoms with Gasteiger partial charge in [-0.2, -0.15) is 0 Å². The van der Waals surface area contributed by atoms with Crippen LogP contribution in [0.5, 0.6) is 0 Å². The summed E-state index contributed by atoms with van der Waals surface area (Å²) in [6, 6.07) is -0.334. The lowest BCUT2D eigenvalue weighted by Crippen LogP contribution is -2.53. The highest BCUT2D eigenvalue weighted by Gasteiger charge is 2.43. The van der Waals surface area contributed by atoms with Gasteiger partial charge in [-0.3, -0.25) is 4.79 Å². The standard InChI is InChI=1S/C9H17NO3Si/c1-13-9(12)7-5-6-8(11)10(7)14(2,3)4/h7H,5-6H2,1-4H3/t7-/m0/s1. The lowest BCUT2D eigenvalue weighted by Gasteiger charge is -2.34. The maximum atomic E-state index is 11.6. The fraction of sp³-hybridized carbons (Fsp3) is 0.778. The third-order valence-electron chi connectivity index (χ3n) is 2.41. The molecule has 1 atom stereocenters. The normalized spacial score (nSPS) is 22.7. The molecule has 0 aromatic carbocycles. The molecule has 1 saturated heterocycles. The first-order chi connectivity index (χ1) is 6.38. The van der Waals surface area contributed by atoms with Crippen molar-refractivity contribution in [3.63, 3.8) is 0 Å². The minimum Gasteiger partial charge on any atom is -0.468 e. The summed E-state index contributed by atoms with van der Waals surface area (Å²) in [4.78, 5) is 23.0. The Morgan fingerprint density at radius 1 is 1.50 bits per heavy atom. The van der Waals surface area contributed by atoms with E-state index in [1.54, 1.807) is 4.57 Å². The summed E-state index contributed by atoms with van der Waals surface area (Å²) in [6.45, 7) is 6.18. The second-order valence-electron chi connectivity index (χ2n) is 4.51. The molecule has 0 bridgehead atoms. The van der Waals surface area contributed by atoms with E-state index in [9.17, 15) is 9.59 Å². The molecule has 0 N–H and O–H groups in total. The molecule has 80 valence electrons. The Kier molecular flexibility index (Phi) is 2.99. The molecular formula is C9H17NO3Si. The number of hydrogen-bond donors (Lipinski definition) is 0. The van der Waals surface area contributed by atoms with Crippen LogP contribution in [-0.4, -0.2) is 37.8 Å². The van der Waals surface area contributed by atoms with Crippen molar-refractivity contribution in [1.29, 1.82) is 0 Å². The van der Waals surface area contributed by atoms with Crippen LogP contribution in [0.1, 0.15) is 12.8 Å². The molecule has 14 heavy (non-hydrogen) atoms. The number of methoxy groups -OCH3 is 1. The molecule has 0 aliphatic carbocycles. The molecule has 0 spiro atoms. The van der Waals surface area contributed by atoms with Gasteiger partial charge < -0.3 is 9.30 Å². The van der Waals surface area contributed by atoms with Crippen LogP contribution in [0.3, 0.4) is 0 Å². The van der Waals surface area contributed by atoms with Crippen LogP contribution in [0.4, 0.5) is 0 Å². The molecule has 0 unspecified atom stereocenters. The van der Waals surface area contributed by atoms with Crippen molar-refractivity contribution in [1.82, 2.24) is 4.57 Å². The zero-order valence-corrected chi connectivity index (χ0v) is 10.2. The molecule has 0 aromatic heterocycles. The maximum Gasteiger partial charge on any atom is 0.327 e. The van der Waals surface area contributed by atoms with E-state index in [0.29, 0.717) is 12.8 Å². The minimum atomic E-state index is -1.75. The van der Waals surface area contributed by atoms with E-state index in [0.717, 1.165) is 0 Å². The molecule has 0 saturated carbocycles. The largest absolute Gasteiger partial charge is 0.468 e. The molecule has 0 aromatic rings. The number of esters is 1. The molecule has 0 radical (unpaired) electrons. The summed E-state index contributed by atoms with van der Waals surface area (Å²) in [5.74, 6) is -0.183. The molecule has 1 heterocycles.